The largest absolute Gasteiger partial charge is 0.493 e. The Morgan fingerprint density at radius 2 is 1.77 bits per heavy atom. The fourth-order valence-electron chi connectivity index (χ4n) is 2.94. The third kappa shape index (κ3) is 5.66. The van der Waals surface area contributed by atoms with Crippen molar-refractivity contribution in [2.75, 3.05) is 12.4 Å². The summed E-state index contributed by atoms with van der Waals surface area (Å²) in [6, 6.07) is 17.9. The number of anilines is 1. The van der Waals surface area contributed by atoms with Gasteiger partial charge in [-0.25, -0.2) is 13.6 Å². The van der Waals surface area contributed by atoms with Crippen LogP contribution in [0.5, 0.6) is 11.5 Å². The van der Waals surface area contributed by atoms with Gasteiger partial charge in [0.15, 0.2) is 11.5 Å². The summed E-state index contributed by atoms with van der Waals surface area (Å²) < 4.78 is 34.1. The molecule has 3 rings (SSSR count). The zero-order valence-corrected chi connectivity index (χ0v) is 18.3. The molecular weight excluding hydrogens is 424 g/mol. The minimum atomic E-state index is -3.71. The number of nitrogens with one attached hydrogen (secondary N) is 1. The highest BCUT2D eigenvalue weighted by molar-refractivity contribution is 7.89. The maximum absolute atomic E-state index is 11.3. The number of hydrogen-bond acceptors (Lipinski definition) is 5. The predicted octanol–water partition coefficient (Wildman–Crippen LogP) is 4.50. The number of benzene rings is 3. The van der Waals surface area contributed by atoms with Crippen molar-refractivity contribution in [3.8, 4) is 11.5 Å². The number of primary sulfonamides is 1. The number of nitrogens with two attached hydrogens (primary N) is 1. The molecule has 158 valence electrons. The molecule has 0 bridgehead atoms. The Bertz CT molecular complexity index is 1130. The lowest BCUT2D eigenvalue weighted by molar-refractivity contribution is 0.284. The number of aryl methyl sites for hydroxylation is 1. The van der Waals surface area contributed by atoms with Gasteiger partial charge in [0.05, 0.1) is 17.0 Å². The van der Waals surface area contributed by atoms with Crippen LogP contribution < -0.4 is 19.9 Å². The van der Waals surface area contributed by atoms with E-state index in [0.717, 1.165) is 22.4 Å². The van der Waals surface area contributed by atoms with Gasteiger partial charge in [0.1, 0.15) is 6.61 Å². The van der Waals surface area contributed by atoms with Gasteiger partial charge in [0.2, 0.25) is 10.0 Å². The Morgan fingerprint density at radius 1 is 1.03 bits per heavy atom. The van der Waals surface area contributed by atoms with Crippen LogP contribution in [0, 0.1) is 6.92 Å². The first kappa shape index (κ1) is 22.0. The molecule has 6 nitrogen and oxygen atoms in total. The Labute approximate surface area is 181 Å². The van der Waals surface area contributed by atoms with Crippen molar-refractivity contribution in [1.82, 2.24) is 0 Å². The number of hydrogen-bond donors (Lipinski definition) is 2. The molecule has 0 atom stereocenters. The Morgan fingerprint density at radius 3 is 2.40 bits per heavy atom. The normalized spacial score (nSPS) is 11.2. The molecule has 0 aliphatic carbocycles. The monoisotopic (exact) mass is 446 g/mol. The molecule has 30 heavy (non-hydrogen) atoms. The van der Waals surface area contributed by atoms with Gasteiger partial charge < -0.3 is 14.8 Å². The number of ether oxygens (including phenoxy) is 2. The summed E-state index contributed by atoms with van der Waals surface area (Å²) in [5.41, 5.74) is 3.84. The second-order valence-corrected chi connectivity index (χ2v) is 8.78. The second kappa shape index (κ2) is 9.38. The number of methoxy groups -OCH3 is 1. The van der Waals surface area contributed by atoms with E-state index in [9.17, 15) is 8.42 Å². The topological polar surface area (TPSA) is 90.6 Å². The standard InChI is InChI=1S/C22H23ClN2O4S/c1-15-4-3-5-16(10-15)14-29-22-20(23)11-17(12-21(22)28-2)13-25-18-6-8-19(9-7-18)30(24,26)27/h3-12,25H,13-14H2,1-2H3,(H2,24,26,27). The summed E-state index contributed by atoms with van der Waals surface area (Å²) in [6.45, 7) is 2.87. The van der Waals surface area contributed by atoms with Crippen molar-refractivity contribution in [3.63, 3.8) is 0 Å². The van der Waals surface area contributed by atoms with Crippen LogP contribution in [0.4, 0.5) is 5.69 Å². The van der Waals surface area contributed by atoms with Crippen LogP contribution in [-0.4, -0.2) is 15.5 Å². The van der Waals surface area contributed by atoms with Crippen LogP contribution >= 0.6 is 11.6 Å². The van der Waals surface area contributed by atoms with Crippen LogP contribution in [0.3, 0.4) is 0 Å². The van der Waals surface area contributed by atoms with Crippen molar-refractivity contribution in [3.05, 3.63) is 82.4 Å². The maximum atomic E-state index is 11.3. The summed E-state index contributed by atoms with van der Waals surface area (Å²) in [7, 11) is -2.15. The van der Waals surface area contributed by atoms with Gasteiger partial charge in [-0.15, -0.1) is 0 Å². The number of sulfonamides is 1. The summed E-state index contributed by atoms with van der Waals surface area (Å²) in [5, 5.41) is 8.77. The Hall–Kier alpha value is -2.74. The lowest BCUT2D eigenvalue weighted by atomic mass is 10.1. The highest BCUT2D eigenvalue weighted by atomic mass is 35.5. The van der Waals surface area contributed by atoms with Crippen LogP contribution in [0.15, 0.2) is 65.6 Å². The first-order valence-corrected chi connectivity index (χ1v) is 11.1. The van der Waals surface area contributed by atoms with Gasteiger partial charge in [0.25, 0.3) is 0 Å². The summed E-state index contributed by atoms with van der Waals surface area (Å²) >= 11 is 6.45. The first-order valence-electron chi connectivity index (χ1n) is 9.18. The van der Waals surface area contributed by atoms with E-state index in [4.69, 9.17) is 26.2 Å². The summed E-state index contributed by atoms with van der Waals surface area (Å²) in [6.07, 6.45) is 0. The molecule has 0 saturated carbocycles. The van der Waals surface area contributed by atoms with Crippen LogP contribution in [-0.2, 0) is 23.2 Å². The smallest absolute Gasteiger partial charge is 0.238 e. The lowest BCUT2D eigenvalue weighted by Gasteiger charge is -2.15. The van der Waals surface area contributed by atoms with Crippen molar-refractivity contribution >= 4 is 27.3 Å². The minimum absolute atomic E-state index is 0.0628. The van der Waals surface area contributed by atoms with Gasteiger partial charge >= 0.3 is 0 Å². The molecule has 8 heteroatoms. The van der Waals surface area contributed by atoms with Gasteiger partial charge in [-0.1, -0.05) is 41.4 Å². The molecule has 0 fully saturated rings. The van der Waals surface area contributed by atoms with E-state index in [1.165, 1.54) is 12.1 Å². The molecule has 0 saturated heterocycles. The average Bonchev–Trinajstić information content (AvgIpc) is 2.70. The van der Waals surface area contributed by atoms with Gasteiger partial charge in [-0.05, 0) is 54.4 Å². The first-order chi connectivity index (χ1) is 14.3. The zero-order valence-electron chi connectivity index (χ0n) is 16.7. The molecule has 0 radical (unpaired) electrons. The van der Waals surface area contributed by atoms with Crippen LogP contribution in [0.1, 0.15) is 16.7 Å². The van der Waals surface area contributed by atoms with E-state index < -0.39 is 10.0 Å². The van der Waals surface area contributed by atoms with E-state index in [2.05, 4.69) is 11.4 Å². The average molecular weight is 447 g/mol. The number of halogens is 1. The number of rotatable bonds is 8. The minimum Gasteiger partial charge on any atom is -0.493 e. The van der Waals surface area contributed by atoms with Crippen LogP contribution in [0.2, 0.25) is 5.02 Å². The SMILES string of the molecule is COc1cc(CNc2ccc(S(N)(=O)=O)cc2)cc(Cl)c1OCc1cccc(C)c1. The Kier molecular flexibility index (Phi) is 6.87. The molecule has 0 heterocycles. The summed E-state index contributed by atoms with van der Waals surface area (Å²) in [4.78, 5) is 0.0628. The van der Waals surface area contributed by atoms with E-state index in [0.29, 0.717) is 29.7 Å². The molecule has 3 aromatic rings. The molecule has 0 aliphatic rings. The van der Waals surface area contributed by atoms with E-state index in [-0.39, 0.29) is 4.90 Å². The van der Waals surface area contributed by atoms with Crippen molar-refractivity contribution in [1.29, 1.82) is 0 Å². The molecule has 0 spiro atoms. The van der Waals surface area contributed by atoms with Crippen LogP contribution in [0.25, 0.3) is 0 Å². The molecular formula is C22H23ClN2O4S. The van der Waals surface area contributed by atoms with Gasteiger partial charge in [-0.3, -0.25) is 0 Å². The van der Waals surface area contributed by atoms with E-state index >= 15 is 0 Å². The third-order valence-corrected chi connectivity index (χ3v) is 5.64. The molecule has 3 aromatic carbocycles. The highest BCUT2D eigenvalue weighted by Crippen LogP contribution is 2.37. The predicted molar refractivity (Wildman–Crippen MR) is 119 cm³/mol. The van der Waals surface area contributed by atoms with E-state index in [1.807, 2.05) is 31.2 Å². The van der Waals surface area contributed by atoms with Gasteiger partial charge in [-0.2, -0.15) is 0 Å². The highest BCUT2D eigenvalue weighted by Gasteiger charge is 2.13. The molecule has 0 aliphatic heterocycles. The molecule has 0 amide bonds. The zero-order chi connectivity index (χ0) is 21.7. The quantitative estimate of drug-likeness (QED) is 0.531. The molecule has 3 N–H and O–H groups in total. The van der Waals surface area contributed by atoms with E-state index in [1.54, 1.807) is 25.3 Å². The summed E-state index contributed by atoms with van der Waals surface area (Å²) in [5.74, 6) is 1.03. The molecule has 0 unspecified atom stereocenters. The fraction of sp³-hybridized carbons (Fsp3) is 0.182. The lowest BCUT2D eigenvalue weighted by Crippen LogP contribution is -2.12. The van der Waals surface area contributed by atoms with Crippen molar-refractivity contribution in [2.24, 2.45) is 5.14 Å². The maximum Gasteiger partial charge on any atom is 0.238 e. The van der Waals surface area contributed by atoms with Crippen molar-refractivity contribution < 1.29 is 17.9 Å². The van der Waals surface area contributed by atoms with Gasteiger partial charge in [0, 0.05) is 12.2 Å². The second-order valence-electron chi connectivity index (χ2n) is 6.81. The third-order valence-electron chi connectivity index (χ3n) is 4.43. The molecule has 0 aromatic heterocycles. The fourth-order valence-corrected chi connectivity index (χ4v) is 3.74. The Balaban J connectivity index is 1.70. The van der Waals surface area contributed by atoms with Crippen molar-refractivity contribution in [2.45, 2.75) is 25.0 Å².